The maximum Gasteiger partial charge on any atom is 0.307 e. The van der Waals surface area contributed by atoms with Crippen molar-refractivity contribution in [3.63, 3.8) is 0 Å². The van der Waals surface area contributed by atoms with Gasteiger partial charge in [0.05, 0.1) is 13.0 Å². The lowest BCUT2D eigenvalue weighted by Gasteiger charge is -2.10. The molecule has 0 aliphatic carbocycles. The molecule has 1 heterocycles. The van der Waals surface area contributed by atoms with Crippen molar-refractivity contribution in [2.24, 2.45) is 5.73 Å². The lowest BCUT2D eigenvalue weighted by Crippen LogP contribution is -2.27. The SMILES string of the molecule is CCOC(=O)C[C@H](N)Cc1c[nH]c2ccccc12. The highest BCUT2D eigenvalue weighted by Gasteiger charge is 2.13. The van der Waals surface area contributed by atoms with E-state index in [1.54, 1.807) is 6.92 Å². The molecule has 0 radical (unpaired) electrons. The number of carbonyl (C=O) groups is 1. The maximum atomic E-state index is 11.3. The summed E-state index contributed by atoms with van der Waals surface area (Å²) < 4.78 is 4.89. The highest BCUT2D eigenvalue weighted by atomic mass is 16.5. The van der Waals surface area contributed by atoms with Crippen molar-refractivity contribution in [3.05, 3.63) is 36.0 Å². The van der Waals surface area contributed by atoms with Gasteiger partial charge < -0.3 is 15.5 Å². The predicted molar refractivity (Wildman–Crippen MR) is 71.2 cm³/mol. The van der Waals surface area contributed by atoms with Crippen LogP contribution in [-0.4, -0.2) is 23.6 Å². The van der Waals surface area contributed by atoms with Crippen LogP contribution in [0, 0.1) is 0 Å². The van der Waals surface area contributed by atoms with Crippen LogP contribution >= 0.6 is 0 Å². The Balaban J connectivity index is 2.03. The second kappa shape index (κ2) is 5.69. The van der Waals surface area contributed by atoms with Gasteiger partial charge in [0.25, 0.3) is 0 Å². The summed E-state index contributed by atoms with van der Waals surface area (Å²) >= 11 is 0. The van der Waals surface area contributed by atoms with Crippen molar-refractivity contribution in [2.75, 3.05) is 6.61 Å². The molecule has 96 valence electrons. The Bertz CT molecular complexity index is 533. The number of H-pyrrole nitrogens is 1. The van der Waals surface area contributed by atoms with Crippen LogP contribution in [0.4, 0.5) is 0 Å². The number of esters is 1. The summed E-state index contributed by atoms with van der Waals surface area (Å²) in [7, 11) is 0. The number of nitrogens with two attached hydrogens (primary N) is 1. The zero-order valence-corrected chi connectivity index (χ0v) is 10.5. The molecule has 0 aliphatic heterocycles. The van der Waals surface area contributed by atoms with Gasteiger partial charge in [0.1, 0.15) is 0 Å². The average molecular weight is 246 g/mol. The molecule has 3 N–H and O–H groups in total. The fourth-order valence-electron chi connectivity index (χ4n) is 2.09. The number of ether oxygens (including phenoxy) is 1. The average Bonchev–Trinajstić information content (AvgIpc) is 2.73. The van der Waals surface area contributed by atoms with E-state index in [0.717, 1.165) is 16.5 Å². The zero-order valence-electron chi connectivity index (χ0n) is 10.5. The third-order valence-electron chi connectivity index (χ3n) is 2.89. The Hall–Kier alpha value is -1.81. The molecule has 0 amide bonds. The number of nitrogens with one attached hydrogen (secondary N) is 1. The first-order valence-electron chi connectivity index (χ1n) is 6.17. The van der Waals surface area contributed by atoms with Gasteiger partial charge in [0, 0.05) is 23.1 Å². The van der Waals surface area contributed by atoms with Crippen LogP contribution in [0.2, 0.25) is 0 Å². The number of aromatic nitrogens is 1. The molecule has 0 unspecified atom stereocenters. The summed E-state index contributed by atoms with van der Waals surface area (Å²) in [6.45, 7) is 2.20. The number of aromatic amines is 1. The molecule has 0 saturated heterocycles. The van der Waals surface area contributed by atoms with Crippen molar-refractivity contribution in [1.82, 2.24) is 4.98 Å². The molecular formula is C14H18N2O2. The highest BCUT2D eigenvalue weighted by Crippen LogP contribution is 2.19. The molecule has 0 bridgehead atoms. The van der Waals surface area contributed by atoms with E-state index in [0.29, 0.717) is 13.0 Å². The Kier molecular flexibility index (Phi) is 3.99. The van der Waals surface area contributed by atoms with E-state index in [-0.39, 0.29) is 18.4 Å². The van der Waals surface area contributed by atoms with E-state index >= 15 is 0 Å². The molecule has 0 fully saturated rings. The van der Waals surface area contributed by atoms with Gasteiger partial charge in [-0.3, -0.25) is 4.79 Å². The largest absolute Gasteiger partial charge is 0.466 e. The Morgan fingerprint density at radius 3 is 3.00 bits per heavy atom. The fourth-order valence-corrected chi connectivity index (χ4v) is 2.09. The van der Waals surface area contributed by atoms with Crippen molar-refractivity contribution < 1.29 is 9.53 Å². The molecule has 0 saturated carbocycles. The lowest BCUT2D eigenvalue weighted by atomic mass is 10.0. The molecule has 4 heteroatoms. The van der Waals surface area contributed by atoms with E-state index in [1.165, 1.54) is 0 Å². The number of para-hydroxylation sites is 1. The summed E-state index contributed by atoms with van der Waals surface area (Å²) in [6, 6.07) is 7.86. The lowest BCUT2D eigenvalue weighted by molar-refractivity contribution is -0.143. The smallest absolute Gasteiger partial charge is 0.307 e. The molecular weight excluding hydrogens is 228 g/mol. The Morgan fingerprint density at radius 1 is 1.44 bits per heavy atom. The molecule has 2 rings (SSSR count). The van der Waals surface area contributed by atoms with Gasteiger partial charge in [-0.05, 0) is 25.0 Å². The van der Waals surface area contributed by atoms with E-state index in [4.69, 9.17) is 10.5 Å². The van der Waals surface area contributed by atoms with Crippen LogP contribution in [-0.2, 0) is 16.0 Å². The summed E-state index contributed by atoms with van der Waals surface area (Å²) in [5, 5.41) is 1.16. The monoisotopic (exact) mass is 246 g/mol. The van der Waals surface area contributed by atoms with Gasteiger partial charge in [-0.25, -0.2) is 0 Å². The molecule has 1 atom stereocenters. The highest BCUT2D eigenvalue weighted by molar-refractivity contribution is 5.83. The van der Waals surface area contributed by atoms with E-state index in [2.05, 4.69) is 11.1 Å². The van der Waals surface area contributed by atoms with Gasteiger partial charge in [0.15, 0.2) is 0 Å². The minimum absolute atomic E-state index is 0.205. The van der Waals surface area contributed by atoms with Gasteiger partial charge in [-0.1, -0.05) is 18.2 Å². The Morgan fingerprint density at radius 2 is 2.22 bits per heavy atom. The van der Waals surface area contributed by atoms with Crippen LogP contribution in [0.15, 0.2) is 30.5 Å². The first-order valence-corrected chi connectivity index (χ1v) is 6.17. The van der Waals surface area contributed by atoms with Gasteiger partial charge in [-0.15, -0.1) is 0 Å². The minimum Gasteiger partial charge on any atom is -0.466 e. The van der Waals surface area contributed by atoms with Gasteiger partial charge >= 0.3 is 5.97 Å². The van der Waals surface area contributed by atoms with Crippen LogP contribution in [0.25, 0.3) is 10.9 Å². The summed E-state index contributed by atoms with van der Waals surface area (Å²) in [5.74, 6) is -0.232. The summed E-state index contributed by atoms with van der Waals surface area (Å²) in [5.41, 5.74) is 8.21. The number of hydrogen-bond donors (Lipinski definition) is 2. The number of fused-ring (bicyclic) bond motifs is 1. The van der Waals surface area contributed by atoms with Crippen LogP contribution in [0.3, 0.4) is 0 Å². The van der Waals surface area contributed by atoms with Crippen LogP contribution in [0.5, 0.6) is 0 Å². The van der Waals surface area contributed by atoms with Crippen molar-refractivity contribution >= 4 is 16.9 Å². The number of hydrogen-bond acceptors (Lipinski definition) is 3. The second-order valence-corrected chi connectivity index (χ2v) is 4.33. The van der Waals surface area contributed by atoms with Gasteiger partial charge in [0.2, 0.25) is 0 Å². The molecule has 0 spiro atoms. The standard InChI is InChI=1S/C14H18N2O2/c1-2-18-14(17)8-11(15)7-10-9-16-13-6-4-3-5-12(10)13/h3-6,9,11,16H,2,7-8,15H2,1H3/t11-/m1/s1. The van der Waals surface area contributed by atoms with Crippen molar-refractivity contribution in [3.8, 4) is 0 Å². The topological polar surface area (TPSA) is 68.1 Å². The third-order valence-corrected chi connectivity index (χ3v) is 2.89. The van der Waals surface area contributed by atoms with E-state index in [9.17, 15) is 4.79 Å². The maximum absolute atomic E-state index is 11.3. The van der Waals surface area contributed by atoms with Gasteiger partial charge in [-0.2, -0.15) is 0 Å². The number of carbonyl (C=O) groups excluding carboxylic acids is 1. The first-order chi connectivity index (χ1) is 8.70. The second-order valence-electron chi connectivity index (χ2n) is 4.33. The van der Waals surface area contributed by atoms with E-state index < -0.39 is 0 Å². The quantitative estimate of drug-likeness (QED) is 0.793. The normalized spacial score (nSPS) is 12.6. The molecule has 18 heavy (non-hydrogen) atoms. The first kappa shape index (κ1) is 12.6. The molecule has 1 aromatic carbocycles. The fraction of sp³-hybridized carbons (Fsp3) is 0.357. The predicted octanol–water partition coefficient (Wildman–Crippen LogP) is 1.99. The van der Waals surface area contributed by atoms with E-state index in [1.807, 2.05) is 24.4 Å². The van der Waals surface area contributed by atoms with Crippen LogP contribution in [0.1, 0.15) is 18.9 Å². The summed E-state index contributed by atoms with van der Waals surface area (Å²) in [6.07, 6.45) is 2.88. The van der Waals surface area contributed by atoms with Crippen LogP contribution < -0.4 is 5.73 Å². The molecule has 1 aromatic heterocycles. The van der Waals surface area contributed by atoms with Crippen molar-refractivity contribution in [1.29, 1.82) is 0 Å². The third kappa shape index (κ3) is 2.90. The Labute approximate surface area is 106 Å². The number of rotatable bonds is 5. The molecule has 0 aliphatic rings. The zero-order chi connectivity index (χ0) is 13.0. The van der Waals surface area contributed by atoms with Crippen molar-refractivity contribution in [2.45, 2.75) is 25.8 Å². The molecule has 2 aromatic rings. The number of benzene rings is 1. The minimum atomic E-state index is -0.232. The molecule has 4 nitrogen and oxygen atoms in total. The summed E-state index contributed by atoms with van der Waals surface area (Å²) in [4.78, 5) is 14.5.